The second-order valence-corrected chi connectivity index (χ2v) is 16.4. The van der Waals surface area contributed by atoms with Gasteiger partial charge in [-0.25, -0.2) is 8.98 Å². The zero-order valence-corrected chi connectivity index (χ0v) is 32.6. The fourth-order valence-corrected chi connectivity index (χ4v) is 8.34. The van der Waals surface area contributed by atoms with Crippen molar-refractivity contribution in [2.75, 3.05) is 26.3 Å². The van der Waals surface area contributed by atoms with Crippen molar-refractivity contribution in [3.63, 3.8) is 0 Å². The molecule has 2 aliphatic heterocycles. The lowest BCUT2D eigenvalue weighted by Gasteiger charge is -2.24. The lowest BCUT2D eigenvalue weighted by molar-refractivity contribution is -0.0709. The summed E-state index contributed by atoms with van der Waals surface area (Å²) in [5.74, 6) is 0. The van der Waals surface area contributed by atoms with E-state index in [-0.39, 0.29) is 23.9 Å². The van der Waals surface area contributed by atoms with Gasteiger partial charge < -0.3 is 24.4 Å². The van der Waals surface area contributed by atoms with E-state index in [0.29, 0.717) is 13.2 Å². The highest BCUT2D eigenvalue weighted by Crippen LogP contribution is 2.30. The van der Waals surface area contributed by atoms with Crippen LogP contribution < -0.4 is 5.32 Å². The monoisotopic (exact) mass is 738 g/mol. The first-order valence-corrected chi connectivity index (χ1v) is 22.0. The highest BCUT2D eigenvalue weighted by Gasteiger charge is 2.28. The van der Waals surface area contributed by atoms with Crippen LogP contribution in [0.25, 0.3) is 0 Å². The standard InChI is InChI=1S/C39H66N2O7S2/c1-3-4-5-6-7-8-9-10-11-12-13-14-15-17-20-23-37-45-32-35(47-37)33-46-38(42)40-28-21-18-16-19-22-29-41-30-31-49-39(41)48-50(43,44)36-26-24-34(2)25-27-36/h24-27,30-31,35,37,39H,3-23,28-29,32-33H2,1-2H3,(H,40,42). The molecule has 1 amide bonds. The van der Waals surface area contributed by atoms with Gasteiger partial charge in [-0.3, -0.25) is 0 Å². The van der Waals surface area contributed by atoms with Crippen LogP contribution in [-0.4, -0.2) is 63.7 Å². The number of nitrogens with one attached hydrogen (secondary N) is 1. The van der Waals surface area contributed by atoms with Crippen LogP contribution in [0.4, 0.5) is 4.79 Å². The summed E-state index contributed by atoms with van der Waals surface area (Å²) in [5, 5.41) is 4.70. The van der Waals surface area contributed by atoms with E-state index in [9.17, 15) is 13.2 Å². The first kappa shape index (κ1) is 42.6. The molecular formula is C39H66N2O7S2. The molecular weight excluding hydrogens is 673 g/mol. The quantitative estimate of drug-likeness (QED) is 0.0635. The van der Waals surface area contributed by atoms with Crippen molar-refractivity contribution in [2.24, 2.45) is 0 Å². The number of benzene rings is 1. The van der Waals surface area contributed by atoms with Crippen molar-refractivity contribution in [3.8, 4) is 0 Å². The second kappa shape index (κ2) is 26.0. The van der Waals surface area contributed by atoms with Gasteiger partial charge in [-0.2, -0.15) is 8.42 Å². The molecule has 3 atom stereocenters. The summed E-state index contributed by atoms with van der Waals surface area (Å²) in [4.78, 5) is 14.2. The van der Waals surface area contributed by atoms with Gasteiger partial charge in [0.1, 0.15) is 12.7 Å². The van der Waals surface area contributed by atoms with Gasteiger partial charge >= 0.3 is 6.09 Å². The molecule has 1 saturated heterocycles. The third kappa shape index (κ3) is 18.6. The van der Waals surface area contributed by atoms with E-state index in [1.54, 1.807) is 24.3 Å². The normalized spacial score (nSPS) is 19.0. The molecule has 1 fully saturated rings. The third-order valence-electron chi connectivity index (χ3n) is 9.36. The maximum absolute atomic E-state index is 12.7. The molecule has 50 heavy (non-hydrogen) atoms. The maximum atomic E-state index is 12.7. The van der Waals surface area contributed by atoms with Crippen LogP contribution in [0.5, 0.6) is 0 Å². The predicted molar refractivity (Wildman–Crippen MR) is 203 cm³/mol. The van der Waals surface area contributed by atoms with Crippen LogP contribution in [0.2, 0.25) is 0 Å². The minimum atomic E-state index is -3.83. The van der Waals surface area contributed by atoms with E-state index in [0.717, 1.165) is 57.1 Å². The van der Waals surface area contributed by atoms with E-state index in [4.69, 9.17) is 18.4 Å². The third-order valence-corrected chi connectivity index (χ3v) is 11.6. The maximum Gasteiger partial charge on any atom is 0.407 e. The molecule has 2 aliphatic rings. The summed E-state index contributed by atoms with van der Waals surface area (Å²) < 4.78 is 47.9. The van der Waals surface area contributed by atoms with Crippen molar-refractivity contribution >= 4 is 28.0 Å². The summed E-state index contributed by atoms with van der Waals surface area (Å²) >= 11 is 1.35. The molecule has 0 saturated carbocycles. The van der Waals surface area contributed by atoms with Crippen LogP contribution in [0.1, 0.15) is 147 Å². The number of nitrogens with zero attached hydrogens (tertiary/aromatic N) is 1. The fourth-order valence-electron chi connectivity index (χ4n) is 6.24. The first-order chi connectivity index (χ1) is 24.4. The van der Waals surface area contributed by atoms with Crippen molar-refractivity contribution < 1.29 is 31.6 Å². The number of hydrogen-bond acceptors (Lipinski definition) is 9. The molecule has 0 spiro atoms. The van der Waals surface area contributed by atoms with Crippen molar-refractivity contribution in [1.29, 1.82) is 0 Å². The van der Waals surface area contributed by atoms with Gasteiger partial charge in [-0.05, 0) is 50.1 Å². The van der Waals surface area contributed by atoms with Gasteiger partial charge in [0.2, 0.25) is 5.56 Å². The zero-order valence-electron chi connectivity index (χ0n) is 31.0. The first-order valence-electron chi connectivity index (χ1n) is 19.6. The lowest BCUT2D eigenvalue weighted by atomic mass is 10.0. The fraction of sp³-hybridized carbons (Fsp3) is 0.769. The number of carbonyl (C=O) groups excluding carboxylic acids is 1. The minimum Gasteiger partial charge on any atom is -0.447 e. The number of rotatable bonds is 29. The van der Waals surface area contributed by atoms with Gasteiger partial charge in [0, 0.05) is 19.3 Å². The Bertz CT molecular complexity index is 1170. The smallest absolute Gasteiger partial charge is 0.407 e. The van der Waals surface area contributed by atoms with Crippen LogP contribution in [-0.2, 0) is 28.5 Å². The van der Waals surface area contributed by atoms with Gasteiger partial charge in [0.15, 0.2) is 6.29 Å². The Labute approximate surface area is 308 Å². The average molecular weight is 739 g/mol. The number of hydrogen-bond donors (Lipinski definition) is 1. The summed E-state index contributed by atoms with van der Waals surface area (Å²) in [6.45, 7) is 6.16. The number of amides is 1. The van der Waals surface area contributed by atoms with Crippen LogP contribution >= 0.6 is 11.8 Å². The number of carbonyl (C=O) groups is 1. The molecule has 9 nitrogen and oxygen atoms in total. The number of thioether (sulfide) groups is 1. The molecule has 3 rings (SSSR count). The number of ether oxygens (including phenoxy) is 3. The molecule has 286 valence electrons. The van der Waals surface area contributed by atoms with E-state index in [1.165, 1.54) is 102 Å². The number of aryl methyl sites for hydroxylation is 1. The van der Waals surface area contributed by atoms with Crippen molar-refractivity contribution in [2.45, 2.75) is 172 Å². The second-order valence-electron chi connectivity index (χ2n) is 13.9. The van der Waals surface area contributed by atoms with E-state index in [2.05, 4.69) is 12.2 Å². The largest absolute Gasteiger partial charge is 0.447 e. The van der Waals surface area contributed by atoms with Crippen LogP contribution in [0, 0.1) is 6.92 Å². The van der Waals surface area contributed by atoms with Gasteiger partial charge in [0.05, 0.1) is 11.5 Å². The Morgan fingerprint density at radius 3 is 2.06 bits per heavy atom. The zero-order chi connectivity index (χ0) is 35.7. The molecule has 0 bridgehead atoms. The highest BCUT2D eigenvalue weighted by atomic mass is 32.2. The Hall–Kier alpha value is -1.79. The topological polar surface area (TPSA) is 103 Å². The van der Waals surface area contributed by atoms with Gasteiger partial charge in [0.25, 0.3) is 10.1 Å². The Balaban J connectivity index is 1.08. The molecule has 3 unspecified atom stereocenters. The lowest BCUT2D eigenvalue weighted by Crippen LogP contribution is -2.30. The summed E-state index contributed by atoms with van der Waals surface area (Å²) in [6, 6.07) is 6.69. The molecule has 1 aromatic rings. The Kier molecular flexibility index (Phi) is 22.2. The van der Waals surface area contributed by atoms with E-state index >= 15 is 0 Å². The molecule has 11 heteroatoms. The van der Waals surface area contributed by atoms with E-state index < -0.39 is 21.8 Å². The van der Waals surface area contributed by atoms with E-state index in [1.807, 2.05) is 23.4 Å². The summed E-state index contributed by atoms with van der Waals surface area (Å²) in [5.41, 5.74) is 0.416. The molecule has 0 radical (unpaired) electrons. The summed E-state index contributed by atoms with van der Waals surface area (Å²) in [7, 11) is -3.83. The summed E-state index contributed by atoms with van der Waals surface area (Å²) in [6.07, 6.45) is 27.1. The van der Waals surface area contributed by atoms with Gasteiger partial charge in [-0.15, -0.1) is 0 Å². The van der Waals surface area contributed by atoms with Crippen molar-refractivity contribution in [1.82, 2.24) is 10.2 Å². The average Bonchev–Trinajstić information content (AvgIpc) is 3.75. The molecule has 1 aromatic carbocycles. The molecule has 0 aromatic heterocycles. The van der Waals surface area contributed by atoms with Crippen LogP contribution in [0.15, 0.2) is 40.8 Å². The Morgan fingerprint density at radius 1 is 0.840 bits per heavy atom. The number of unbranched alkanes of at least 4 members (excludes halogenated alkanes) is 18. The van der Waals surface area contributed by atoms with Crippen LogP contribution in [0.3, 0.4) is 0 Å². The Morgan fingerprint density at radius 2 is 1.42 bits per heavy atom. The molecule has 2 heterocycles. The molecule has 1 N–H and O–H groups in total. The minimum absolute atomic E-state index is 0.170. The van der Waals surface area contributed by atoms with Gasteiger partial charge in [-0.1, -0.05) is 146 Å². The highest BCUT2D eigenvalue weighted by molar-refractivity contribution is 8.03. The molecule has 0 aliphatic carbocycles. The SMILES string of the molecule is CCCCCCCCCCCCCCCCCC1OCC(COC(=O)NCCCCCCCN2C=CSC2OS(=O)(=O)c2ccc(C)cc2)O1. The van der Waals surface area contributed by atoms with Crippen molar-refractivity contribution in [3.05, 3.63) is 41.4 Å². The number of alkyl carbamates (subject to hydrolysis) is 1. The predicted octanol–water partition coefficient (Wildman–Crippen LogP) is 10.2.